The van der Waals surface area contributed by atoms with E-state index in [1.807, 2.05) is 17.7 Å². The van der Waals surface area contributed by atoms with Crippen molar-refractivity contribution in [3.63, 3.8) is 0 Å². The number of carbonyl (C=O) groups excluding carboxylic acids is 1. The van der Waals surface area contributed by atoms with Crippen molar-refractivity contribution in [3.8, 4) is 0 Å². The number of nitrogens with zero attached hydrogens (tertiary/aromatic N) is 2. The van der Waals surface area contributed by atoms with E-state index in [1.54, 1.807) is 0 Å². The summed E-state index contributed by atoms with van der Waals surface area (Å²) >= 11 is 0. The Kier molecular flexibility index (Phi) is 3.82. The van der Waals surface area contributed by atoms with Gasteiger partial charge < -0.3 is 9.88 Å². The molecule has 1 N–H and O–H groups in total. The van der Waals surface area contributed by atoms with E-state index in [2.05, 4.69) is 10.3 Å². The molecule has 1 amide bonds. The monoisotopic (exact) mass is 275 g/mol. The summed E-state index contributed by atoms with van der Waals surface area (Å²) in [5.74, 6) is 0.431. The summed E-state index contributed by atoms with van der Waals surface area (Å²) in [7, 11) is 0. The van der Waals surface area contributed by atoms with Gasteiger partial charge in [0, 0.05) is 31.6 Å². The molecule has 0 spiro atoms. The van der Waals surface area contributed by atoms with Crippen molar-refractivity contribution in [1.29, 1.82) is 0 Å². The Morgan fingerprint density at radius 3 is 3.00 bits per heavy atom. The molecule has 19 heavy (non-hydrogen) atoms. The summed E-state index contributed by atoms with van der Waals surface area (Å²) < 4.78 is 38.0. The van der Waals surface area contributed by atoms with Crippen molar-refractivity contribution in [1.82, 2.24) is 14.9 Å². The van der Waals surface area contributed by atoms with Crippen molar-refractivity contribution < 1.29 is 18.0 Å². The number of hydrogen-bond acceptors (Lipinski definition) is 2. The van der Waals surface area contributed by atoms with Gasteiger partial charge in [-0.2, -0.15) is 13.2 Å². The van der Waals surface area contributed by atoms with Gasteiger partial charge in [0.05, 0.1) is 12.1 Å². The quantitative estimate of drug-likeness (QED) is 0.916. The summed E-state index contributed by atoms with van der Waals surface area (Å²) in [6, 6.07) is -0.109. The highest BCUT2D eigenvalue weighted by atomic mass is 19.4. The highest BCUT2D eigenvalue weighted by Gasteiger charge is 2.29. The second kappa shape index (κ2) is 5.22. The number of aryl methyl sites for hydroxylation is 2. The molecular formula is C12H16F3N3O. The lowest BCUT2D eigenvalue weighted by molar-refractivity contribution is -0.144. The number of halogens is 3. The first-order valence-corrected chi connectivity index (χ1v) is 6.22. The second-order valence-corrected chi connectivity index (χ2v) is 4.87. The van der Waals surface area contributed by atoms with Gasteiger partial charge in [0.25, 0.3) is 0 Å². The summed E-state index contributed by atoms with van der Waals surface area (Å²) in [6.45, 7) is 2.47. The molecule has 0 saturated carbocycles. The second-order valence-electron chi connectivity index (χ2n) is 4.87. The van der Waals surface area contributed by atoms with Crippen LogP contribution in [-0.2, 0) is 17.8 Å². The maximum atomic E-state index is 12.0. The molecule has 0 aromatic carbocycles. The van der Waals surface area contributed by atoms with Gasteiger partial charge in [-0.15, -0.1) is 0 Å². The van der Waals surface area contributed by atoms with Gasteiger partial charge in [-0.1, -0.05) is 0 Å². The minimum atomic E-state index is -4.28. The van der Waals surface area contributed by atoms with Crippen molar-refractivity contribution in [2.45, 2.75) is 51.4 Å². The summed E-state index contributed by atoms with van der Waals surface area (Å²) in [6.07, 6.45) is -2.51. The molecular weight excluding hydrogens is 259 g/mol. The average Bonchev–Trinajstić information content (AvgIpc) is 2.65. The third-order valence-electron chi connectivity index (χ3n) is 3.11. The molecule has 0 aliphatic carbocycles. The van der Waals surface area contributed by atoms with E-state index >= 15 is 0 Å². The predicted molar refractivity (Wildman–Crippen MR) is 62.5 cm³/mol. The average molecular weight is 275 g/mol. The van der Waals surface area contributed by atoms with Crippen molar-refractivity contribution in [2.24, 2.45) is 0 Å². The van der Waals surface area contributed by atoms with Crippen LogP contribution in [0.1, 0.15) is 30.8 Å². The van der Waals surface area contributed by atoms with Crippen molar-refractivity contribution >= 4 is 5.91 Å². The molecule has 1 aromatic heterocycles. The topological polar surface area (TPSA) is 46.9 Å². The molecule has 1 aliphatic rings. The van der Waals surface area contributed by atoms with Gasteiger partial charge in [-0.05, 0) is 13.3 Å². The zero-order valence-corrected chi connectivity index (χ0v) is 10.6. The van der Waals surface area contributed by atoms with Crippen LogP contribution in [0.25, 0.3) is 0 Å². The SMILES string of the molecule is Cc1cn2c(n1)CCC(NC(=O)CCC(F)(F)F)C2. The minimum Gasteiger partial charge on any atom is -0.352 e. The summed E-state index contributed by atoms with van der Waals surface area (Å²) in [5.41, 5.74) is 0.916. The normalized spacial score (nSPS) is 19.1. The molecule has 0 bridgehead atoms. The summed E-state index contributed by atoms with van der Waals surface area (Å²) in [5, 5.41) is 2.65. The van der Waals surface area contributed by atoms with Gasteiger partial charge in [0.15, 0.2) is 0 Å². The third kappa shape index (κ3) is 3.97. The van der Waals surface area contributed by atoms with Crippen molar-refractivity contribution in [3.05, 3.63) is 17.7 Å². The molecule has 2 rings (SSSR count). The first kappa shape index (κ1) is 13.9. The number of imidazole rings is 1. The number of nitrogens with one attached hydrogen (secondary N) is 1. The van der Waals surface area contributed by atoms with E-state index < -0.39 is 24.9 Å². The first-order valence-electron chi connectivity index (χ1n) is 6.22. The van der Waals surface area contributed by atoms with Crippen LogP contribution in [-0.4, -0.2) is 27.7 Å². The van der Waals surface area contributed by atoms with Crippen LogP contribution < -0.4 is 5.32 Å². The Morgan fingerprint density at radius 1 is 1.58 bits per heavy atom. The number of alkyl halides is 3. The van der Waals surface area contributed by atoms with Crippen LogP contribution in [0, 0.1) is 6.92 Å². The fraction of sp³-hybridized carbons (Fsp3) is 0.667. The molecule has 0 radical (unpaired) electrons. The van der Waals surface area contributed by atoms with Gasteiger partial charge in [-0.25, -0.2) is 4.98 Å². The Morgan fingerprint density at radius 2 is 2.32 bits per heavy atom. The molecule has 0 fully saturated rings. The zero-order valence-electron chi connectivity index (χ0n) is 10.6. The van der Waals surface area contributed by atoms with Crippen LogP contribution in [0.2, 0.25) is 0 Å². The molecule has 1 atom stereocenters. The lowest BCUT2D eigenvalue weighted by Crippen LogP contribution is -2.41. The van der Waals surface area contributed by atoms with E-state index in [0.29, 0.717) is 13.0 Å². The highest BCUT2D eigenvalue weighted by molar-refractivity contribution is 5.76. The number of hydrogen-bond donors (Lipinski definition) is 1. The van der Waals surface area contributed by atoms with Gasteiger partial charge in [0.2, 0.25) is 5.91 Å². The highest BCUT2D eigenvalue weighted by Crippen LogP contribution is 2.21. The molecule has 4 nitrogen and oxygen atoms in total. The lowest BCUT2D eigenvalue weighted by atomic mass is 10.1. The van der Waals surface area contributed by atoms with E-state index in [9.17, 15) is 18.0 Å². The lowest BCUT2D eigenvalue weighted by Gasteiger charge is -2.24. The number of carbonyl (C=O) groups is 1. The molecule has 106 valence electrons. The van der Waals surface area contributed by atoms with Crippen molar-refractivity contribution in [2.75, 3.05) is 0 Å². The Bertz CT molecular complexity index is 467. The van der Waals surface area contributed by atoms with Crippen LogP contribution >= 0.6 is 0 Å². The standard InChI is InChI=1S/C12H16F3N3O/c1-8-6-18-7-9(2-3-10(18)16-8)17-11(19)4-5-12(13,14)15/h6,9H,2-5,7H2,1H3,(H,17,19). The fourth-order valence-electron chi connectivity index (χ4n) is 2.26. The van der Waals surface area contributed by atoms with Gasteiger partial charge >= 0.3 is 6.18 Å². The van der Waals surface area contributed by atoms with Crippen LogP contribution in [0.3, 0.4) is 0 Å². The Balaban J connectivity index is 1.83. The van der Waals surface area contributed by atoms with Gasteiger partial charge in [-0.3, -0.25) is 4.79 Å². The van der Waals surface area contributed by atoms with E-state index in [-0.39, 0.29) is 6.04 Å². The molecule has 1 unspecified atom stereocenters. The van der Waals surface area contributed by atoms with Gasteiger partial charge in [0.1, 0.15) is 5.82 Å². The molecule has 1 aromatic rings. The number of aromatic nitrogens is 2. The zero-order chi connectivity index (χ0) is 14.0. The molecule has 0 saturated heterocycles. The molecule has 2 heterocycles. The molecule has 1 aliphatic heterocycles. The smallest absolute Gasteiger partial charge is 0.352 e. The van der Waals surface area contributed by atoms with Crippen LogP contribution in [0.5, 0.6) is 0 Å². The van der Waals surface area contributed by atoms with E-state index in [0.717, 1.165) is 17.9 Å². The third-order valence-corrected chi connectivity index (χ3v) is 3.11. The van der Waals surface area contributed by atoms with E-state index in [1.165, 1.54) is 0 Å². The Hall–Kier alpha value is -1.53. The minimum absolute atomic E-state index is 0.109. The Labute approximate surface area is 109 Å². The fourth-order valence-corrected chi connectivity index (χ4v) is 2.26. The predicted octanol–water partition coefficient (Wildman–Crippen LogP) is 1.97. The largest absolute Gasteiger partial charge is 0.389 e. The molecule has 7 heteroatoms. The summed E-state index contributed by atoms with van der Waals surface area (Å²) in [4.78, 5) is 15.8. The van der Waals surface area contributed by atoms with Crippen LogP contribution in [0.4, 0.5) is 13.2 Å². The first-order chi connectivity index (χ1) is 8.83. The van der Waals surface area contributed by atoms with E-state index in [4.69, 9.17) is 0 Å². The van der Waals surface area contributed by atoms with Crippen LogP contribution in [0.15, 0.2) is 6.20 Å². The number of rotatable bonds is 3. The number of amides is 1. The number of fused-ring (bicyclic) bond motifs is 1. The maximum absolute atomic E-state index is 12.0. The maximum Gasteiger partial charge on any atom is 0.389 e.